The van der Waals surface area contributed by atoms with Crippen molar-refractivity contribution in [2.75, 3.05) is 0 Å². The average molecular weight is 383 g/mol. The number of aromatic nitrogens is 4. The van der Waals surface area contributed by atoms with Crippen LogP contribution in [0.3, 0.4) is 0 Å². The van der Waals surface area contributed by atoms with Crippen molar-refractivity contribution in [1.82, 2.24) is 20.2 Å². The number of hydrogen-bond acceptors (Lipinski definition) is 4. The highest BCUT2D eigenvalue weighted by atomic mass is 35.5. The number of hydrogen-bond donors (Lipinski definition) is 2. The van der Waals surface area contributed by atoms with Crippen molar-refractivity contribution >= 4 is 11.6 Å². The molecule has 0 spiro atoms. The third-order valence-corrected chi connectivity index (χ3v) is 4.20. The summed E-state index contributed by atoms with van der Waals surface area (Å²) in [5.74, 6) is -7.99. The van der Waals surface area contributed by atoms with Crippen LogP contribution >= 0.6 is 11.6 Å². The third kappa shape index (κ3) is 3.03. The van der Waals surface area contributed by atoms with Gasteiger partial charge in [-0.1, -0.05) is 11.6 Å². The molecule has 0 radical (unpaired) electrons. The van der Waals surface area contributed by atoms with Gasteiger partial charge in [-0.05, 0) is 24.0 Å². The van der Waals surface area contributed by atoms with E-state index in [-0.39, 0.29) is 22.0 Å². The molecule has 3 rings (SSSR count). The molecule has 2 heterocycles. The number of H-pyrrole nitrogens is 2. The van der Waals surface area contributed by atoms with Gasteiger partial charge in [0, 0.05) is 12.1 Å². The van der Waals surface area contributed by atoms with E-state index in [1.165, 1.54) is 0 Å². The molecule has 134 valence electrons. The van der Waals surface area contributed by atoms with Crippen LogP contribution < -0.4 is 11.2 Å². The first-order valence-corrected chi connectivity index (χ1v) is 7.20. The SMILES string of the molecule is O=c1[nH]cc(-c2cc([C@H]3C[C@@H]3C(F)(F)C(F)(F)F)c(Cl)nn2)c(=O)[nH]1. The van der Waals surface area contributed by atoms with Crippen molar-refractivity contribution in [1.29, 1.82) is 0 Å². The fraction of sp³-hybridized carbons (Fsp3) is 0.385. The zero-order valence-corrected chi connectivity index (χ0v) is 12.8. The molecule has 0 saturated heterocycles. The number of halogens is 6. The van der Waals surface area contributed by atoms with E-state index in [0.29, 0.717) is 0 Å². The van der Waals surface area contributed by atoms with Gasteiger partial charge in [0.2, 0.25) is 0 Å². The van der Waals surface area contributed by atoms with Crippen LogP contribution in [0.4, 0.5) is 22.0 Å². The van der Waals surface area contributed by atoms with Crippen LogP contribution in [0.15, 0.2) is 21.9 Å². The Morgan fingerprint density at radius 1 is 1.16 bits per heavy atom. The second-order valence-electron chi connectivity index (χ2n) is 5.53. The maximum atomic E-state index is 13.4. The molecule has 2 aromatic heterocycles. The minimum atomic E-state index is -5.67. The number of nitrogens with zero attached hydrogens (tertiary/aromatic N) is 2. The van der Waals surface area contributed by atoms with Crippen LogP contribution in [0.1, 0.15) is 17.9 Å². The molecule has 6 nitrogen and oxygen atoms in total. The Hall–Kier alpha value is -2.30. The lowest BCUT2D eigenvalue weighted by Crippen LogP contribution is -2.38. The summed E-state index contributed by atoms with van der Waals surface area (Å²) in [6, 6.07) is 1.12. The summed E-state index contributed by atoms with van der Waals surface area (Å²) in [4.78, 5) is 26.9. The summed E-state index contributed by atoms with van der Waals surface area (Å²) in [5.41, 5.74) is -1.91. The average Bonchev–Trinajstić information content (AvgIpc) is 3.28. The molecule has 12 heteroatoms. The van der Waals surface area contributed by atoms with Crippen molar-refractivity contribution in [3.05, 3.63) is 43.8 Å². The molecule has 0 bridgehead atoms. The van der Waals surface area contributed by atoms with E-state index in [1.807, 2.05) is 4.98 Å². The third-order valence-electron chi connectivity index (χ3n) is 3.90. The Balaban J connectivity index is 1.97. The lowest BCUT2D eigenvalue weighted by atomic mass is 10.1. The van der Waals surface area contributed by atoms with Gasteiger partial charge in [0.15, 0.2) is 5.15 Å². The van der Waals surface area contributed by atoms with Crippen LogP contribution in [-0.4, -0.2) is 32.3 Å². The molecular weight excluding hydrogens is 375 g/mol. The van der Waals surface area contributed by atoms with E-state index in [2.05, 4.69) is 15.2 Å². The predicted octanol–water partition coefficient (Wildman–Crippen LogP) is 2.47. The second kappa shape index (κ2) is 5.61. The van der Waals surface area contributed by atoms with Crippen molar-refractivity contribution in [3.63, 3.8) is 0 Å². The van der Waals surface area contributed by atoms with Crippen LogP contribution in [0.25, 0.3) is 11.3 Å². The minimum Gasteiger partial charge on any atom is -0.313 e. The topological polar surface area (TPSA) is 91.5 Å². The number of alkyl halides is 5. The first-order chi connectivity index (χ1) is 11.5. The summed E-state index contributed by atoms with van der Waals surface area (Å²) in [5, 5.41) is 6.79. The first kappa shape index (κ1) is 17.5. The summed E-state index contributed by atoms with van der Waals surface area (Å²) in [6.45, 7) is 0. The Morgan fingerprint density at radius 3 is 2.44 bits per heavy atom. The molecular formula is C13H8ClF5N4O2. The van der Waals surface area contributed by atoms with Gasteiger partial charge in [0.25, 0.3) is 5.56 Å². The quantitative estimate of drug-likeness (QED) is 0.798. The number of rotatable bonds is 3. The molecule has 25 heavy (non-hydrogen) atoms. The van der Waals surface area contributed by atoms with E-state index in [1.54, 1.807) is 0 Å². The van der Waals surface area contributed by atoms with Gasteiger partial charge < -0.3 is 4.98 Å². The number of nitrogens with one attached hydrogen (secondary N) is 2. The highest BCUT2D eigenvalue weighted by Gasteiger charge is 2.69. The Morgan fingerprint density at radius 2 is 1.84 bits per heavy atom. The monoisotopic (exact) mass is 382 g/mol. The molecule has 1 aliphatic rings. The van der Waals surface area contributed by atoms with Gasteiger partial charge in [-0.3, -0.25) is 9.78 Å². The van der Waals surface area contributed by atoms with Gasteiger partial charge >= 0.3 is 17.8 Å². The normalized spacial score (nSPS) is 20.6. The maximum Gasteiger partial charge on any atom is 0.453 e. The largest absolute Gasteiger partial charge is 0.453 e. The van der Waals surface area contributed by atoms with Gasteiger partial charge in [0.1, 0.15) is 5.69 Å². The smallest absolute Gasteiger partial charge is 0.313 e. The van der Waals surface area contributed by atoms with Crippen molar-refractivity contribution in [3.8, 4) is 11.3 Å². The highest BCUT2D eigenvalue weighted by Crippen LogP contribution is 2.61. The summed E-state index contributed by atoms with van der Waals surface area (Å²) >= 11 is 5.77. The number of aromatic amines is 2. The van der Waals surface area contributed by atoms with E-state index < -0.39 is 41.6 Å². The zero-order chi connectivity index (χ0) is 18.6. The Labute approximate surface area is 140 Å². The van der Waals surface area contributed by atoms with Gasteiger partial charge in [-0.15, -0.1) is 10.2 Å². The molecule has 1 fully saturated rings. The zero-order valence-electron chi connectivity index (χ0n) is 12.0. The first-order valence-electron chi connectivity index (χ1n) is 6.82. The minimum absolute atomic E-state index is 0.0637. The molecule has 1 saturated carbocycles. The van der Waals surface area contributed by atoms with Crippen molar-refractivity contribution in [2.24, 2.45) is 5.92 Å². The molecule has 0 aromatic carbocycles. The van der Waals surface area contributed by atoms with Crippen molar-refractivity contribution in [2.45, 2.75) is 24.4 Å². The molecule has 2 aromatic rings. The molecule has 2 atom stereocenters. The highest BCUT2D eigenvalue weighted by molar-refractivity contribution is 6.30. The predicted molar refractivity (Wildman–Crippen MR) is 75.6 cm³/mol. The Kier molecular flexibility index (Phi) is 3.93. The van der Waals surface area contributed by atoms with Crippen LogP contribution in [-0.2, 0) is 0 Å². The van der Waals surface area contributed by atoms with Gasteiger partial charge in [-0.2, -0.15) is 22.0 Å². The summed E-state index contributed by atoms with van der Waals surface area (Å²) in [7, 11) is 0. The fourth-order valence-corrected chi connectivity index (χ4v) is 2.77. The lowest BCUT2D eigenvalue weighted by molar-refractivity contribution is -0.291. The second-order valence-corrected chi connectivity index (χ2v) is 5.89. The lowest BCUT2D eigenvalue weighted by Gasteiger charge is -2.19. The van der Waals surface area contributed by atoms with E-state index in [9.17, 15) is 31.5 Å². The molecule has 0 unspecified atom stereocenters. The van der Waals surface area contributed by atoms with Crippen molar-refractivity contribution < 1.29 is 22.0 Å². The molecule has 2 N–H and O–H groups in total. The van der Waals surface area contributed by atoms with E-state index >= 15 is 0 Å². The molecule has 0 amide bonds. The Bertz CT molecular complexity index is 939. The molecule has 1 aliphatic carbocycles. The maximum absolute atomic E-state index is 13.4. The van der Waals surface area contributed by atoms with Gasteiger partial charge in [0.05, 0.1) is 5.56 Å². The van der Waals surface area contributed by atoms with Crippen LogP contribution in [0, 0.1) is 5.92 Å². The summed E-state index contributed by atoms with van der Waals surface area (Å²) < 4.78 is 64.2. The van der Waals surface area contributed by atoms with Crippen LogP contribution in [0.5, 0.6) is 0 Å². The van der Waals surface area contributed by atoms with E-state index in [0.717, 1.165) is 12.3 Å². The fourth-order valence-electron chi connectivity index (χ4n) is 2.53. The van der Waals surface area contributed by atoms with Crippen LogP contribution in [0.2, 0.25) is 5.15 Å². The standard InChI is InChI=1S/C13H8ClF5N4O2/c14-9-5(4-1-7(4)12(15,16)13(17,18)19)2-8(22-23-9)6-3-20-11(25)21-10(6)24/h2-4,7H,1H2,(H2,20,21,24,25)/t4-,7+/m1/s1. The van der Waals surface area contributed by atoms with Gasteiger partial charge in [-0.25, -0.2) is 4.79 Å². The summed E-state index contributed by atoms with van der Waals surface area (Å²) in [6.07, 6.45) is -5.07. The molecule has 0 aliphatic heterocycles. The van der Waals surface area contributed by atoms with E-state index in [4.69, 9.17) is 11.6 Å².